The molecule has 25 heavy (non-hydrogen) atoms. The zero-order valence-corrected chi connectivity index (χ0v) is 17.7. The average molecular weight is 456 g/mol. The van der Waals surface area contributed by atoms with Gasteiger partial charge in [0.2, 0.25) is 5.91 Å². The Labute approximate surface area is 167 Å². The molecular weight excluding hydrogens is 427 g/mol. The van der Waals surface area contributed by atoms with E-state index in [2.05, 4.69) is 35.1 Å². The molecule has 6 heteroatoms. The minimum Gasteiger partial charge on any atom is -0.347 e. The number of para-hydroxylation sites is 1. The number of guanidine groups is 1. The van der Waals surface area contributed by atoms with Crippen LogP contribution >= 0.6 is 24.0 Å². The minimum absolute atomic E-state index is 0. The van der Waals surface area contributed by atoms with Crippen LogP contribution < -0.4 is 10.2 Å². The molecule has 1 saturated heterocycles. The quantitative estimate of drug-likeness (QED) is 0.423. The average Bonchev–Trinajstić information content (AvgIpc) is 2.98. The van der Waals surface area contributed by atoms with Crippen LogP contribution in [-0.4, -0.2) is 50.0 Å². The van der Waals surface area contributed by atoms with Crippen molar-refractivity contribution in [2.75, 3.05) is 38.1 Å². The summed E-state index contributed by atoms with van der Waals surface area (Å²) in [4.78, 5) is 21.2. The Kier molecular flexibility index (Phi) is 7.10. The predicted octanol–water partition coefficient (Wildman–Crippen LogP) is 2.75. The topological polar surface area (TPSA) is 47.9 Å². The number of nitrogens with one attached hydrogen (secondary N) is 1. The summed E-state index contributed by atoms with van der Waals surface area (Å²) in [5, 5.41) is 3.27. The highest BCUT2D eigenvalue weighted by molar-refractivity contribution is 14.0. The maximum atomic E-state index is 12.6. The summed E-state index contributed by atoms with van der Waals surface area (Å²) < 4.78 is 0. The Hall–Kier alpha value is -1.31. The van der Waals surface area contributed by atoms with E-state index in [0.717, 1.165) is 37.7 Å². The van der Waals surface area contributed by atoms with Gasteiger partial charge in [-0.05, 0) is 36.3 Å². The second kappa shape index (κ2) is 8.87. The molecule has 0 saturated carbocycles. The lowest BCUT2D eigenvalue weighted by atomic mass is 9.92. The first kappa shape index (κ1) is 20.0. The van der Waals surface area contributed by atoms with Crippen molar-refractivity contribution in [2.24, 2.45) is 16.8 Å². The number of amides is 1. The summed E-state index contributed by atoms with van der Waals surface area (Å²) in [7, 11) is 1.79. The Bertz CT molecular complexity index is 624. The molecule has 0 aromatic heterocycles. The van der Waals surface area contributed by atoms with Gasteiger partial charge in [-0.15, -0.1) is 24.0 Å². The molecule has 0 bridgehead atoms. The maximum Gasteiger partial charge on any atom is 0.246 e. The monoisotopic (exact) mass is 456 g/mol. The lowest BCUT2D eigenvalue weighted by Gasteiger charge is -2.37. The van der Waals surface area contributed by atoms with Gasteiger partial charge in [-0.1, -0.05) is 32.0 Å². The summed E-state index contributed by atoms with van der Waals surface area (Å²) in [6.07, 6.45) is 2.20. The fourth-order valence-corrected chi connectivity index (χ4v) is 4.02. The second-order valence-electron chi connectivity index (χ2n) is 7.18. The van der Waals surface area contributed by atoms with E-state index in [1.165, 1.54) is 12.0 Å². The summed E-state index contributed by atoms with van der Waals surface area (Å²) in [5.41, 5.74) is 2.31. The first-order valence-corrected chi connectivity index (χ1v) is 8.92. The van der Waals surface area contributed by atoms with Crippen molar-refractivity contribution in [3.63, 3.8) is 0 Å². The maximum absolute atomic E-state index is 12.6. The van der Waals surface area contributed by atoms with Crippen molar-refractivity contribution in [2.45, 2.75) is 26.7 Å². The molecule has 2 heterocycles. The van der Waals surface area contributed by atoms with Gasteiger partial charge < -0.3 is 15.1 Å². The molecule has 2 aliphatic heterocycles. The van der Waals surface area contributed by atoms with E-state index in [4.69, 9.17) is 0 Å². The number of benzene rings is 1. The normalized spacial score (nSPS) is 23.1. The van der Waals surface area contributed by atoms with Gasteiger partial charge in [-0.3, -0.25) is 9.79 Å². The summed E-state index contributed by atoms with van der Waals surface area (Å²) in [6.45, 7) is 7.64. The third-order valence-electron chi connectivity index (χ3n) is 4.97. The standard InChI is InChI=1S/C19H28N4O.HI/c1-14-10-15(2)13-22(12-14)19(20-3)21-11-18(24)23-9-8-16-6-4-5-7-17(16)23;/h4-7,14-15H,8-13H2,1-3H3,(H,20,21);1H. The summed E-state index contributed by atoms with van der Waals surface area (Å²) in [6, 6.07) is 8.16. The number of hydrogen-bond donors (Lipinski definition) is 1. The third-order valence-corrected chi connectivity index (χ3v) is 4.97. The van der Waals surface area contributed by atoms with E-state index >= 15 is 0 Å². The first-order valence-electron chi connectivity index (χ1n) is 8.92. The summed E-state index contributed by atoms with van der Waals surface area (Å²) in [5.74, 6) is 2.27. The minimum atomic E-state index is 0. The smallest absolute Gasteiger partial charge is 0.246 e. The number of likely N-dealkylation sites (tertiary alicyclic amines) is 1. The van der Waals surface area contributed by atoms with Crippen LogP contribution in [0.3, 0.4) is 0 Å². The van der Waals surface area contributed by atoms with Crippen LogP contribution in [0.5, 0.6) is 0 Å². The Morgan fingerprint density at radius 3 is 2.60 bits per heavy atom. The van der Waals surface area contributed by atoms with Gasteiger partial charge >= 0.3 is 0 Å². The molecule has 1 aromatic carbocycles. The number of nitrogens with zero attached hydrogens (tertiary/aromatic N) is 3. The fraction of sp³-hybridized carbons (Fsp3) is 0.579. The van der Waals surface area contributed by atoms with E-state index < -0.39 is 0 Å². The van der Waals surface area contributed by atoms with E-state index in [0.29, 0.717) is 18.4 Å². The molecule has 2 atom stereocenters. The van der Waals surface area contributed by atoms with E-state index in [-0.39, 0.29) is 29.9 Å². The molecule has 0 radical (unpaired) electrons. The lowest BCUT2D eigenvalue weighted by molar-refractivity contribution is -0.117. The van der Waals surface area contributed by atoms with Crippen molar-refractivity contribution < 1.29 is 4.79 Å². The molecular formula is C19H29IN4O. The molecule has 0 spiro atoms. The van der Waals surface area contributed by atoms with Crippen molar-refractivity contribution in [1.82, 2.24) is 10.2 Å². The van der Waals surface area contributed by atoms with Gasteiger partial charge in [0, 0.05) is 32.4 Å². The highest BCUT2D eigenvalue weighted by Crippen LogP contribution is 2.27. The Morgan fingerprint density at radius 2 is 1.92 bits per heavy atom. The Morgan fingerprint density at radius 1 is 1.24 bits per heavy atom. The zero-order chi connectivity index (χ0) is 17.1. The number of piperidine rings is 1. The summed E-state index contributed by atoms with van der Waals surface area (Å²) >= 11 is 0. The van der Waals surface area contributed by atoms with Crippen molar-refractivity contribution in [3.05, 3.63) is 29.8 Å². The van der Waals surface area contributed by atoms with Gasteiger partial charge in [0.25, 0.3) is 0 Å². The van der Waals surface area contributed by atoms with Gasteiger partial charge in [-0.2, -0.15) is 0 Å². The van der Waals surface area contributed by atoms with E-state index in [1.54, 1.807) is 7.05 Å². The van der Waals surface area contributed by atoms with E-state index in [1.807, 2.05) is 23.1 Å². The second-order valence-corrected chi connectivity index (χ2v) is 7.18. The van der Waals surface area contributed by atoms with Gasteiger partial charge in [0.1, 0.15) is 0 Å². The van der Waals surface area contributed by atoms with Crippen LogP contribution in [-0.2, 0) is 11.2 Å². The SMILES string of the molecule is CN=C(NCC(=O)N1CCc2ccccc21)N1CC(C)CC(C)C1.I. The number of aliphatic imine (C=N–C) groups is 1. The predicted molar refractivity (Wildman–Crippen MR) is 114 cm³/mol. The van der Waals surface area contributed by atoms with Crippen molar-refractivity contribution in [3.8, 4) is 0 Å². The molecule has 5 nitrogen and oxygen atoms in total. The molecule has 1 aromatic rings. The highest BCUT2D eigenvalue weighted by Gasteiger charge is 2.26. The number of rotatable bonds is 2. The Balaban J connectivity index is 0.00000225. The largest absolute Gasteiger partial charge is 0.347 e. The zero-order valence-electron chi connectivity index (χ0n) is 15.4. The molecule has 138 valence electrons. The van der Waals surface area contributed by atoms with Gasteiger partial charge in [0.05, 0.1) is 6.54 Å². The fourth-order valence-electron chi connectivity index (χ4n) is 4.02. The molecule has 1 amide bonds. The number of anilines is 1. The number of halogens is 1. The molecule has 1 fully saturated rings. The molecule has 2 unspecified atom stereocenters. The van der Waals surface area contributed by atoms with Gasteiger partial charge in [0.15, 0.2) is 5.96 Å². The lowest BCUT2D eigenvalue weighted by Crippen LogP contribution is -2.50. The van der Waals surface area contributed by atoms with Crippen molar-refractivity contribution in [1.29, 1.82) is 0 Å². The van der Waals surface area contributed by atoms with Crippen LogP contribution in [0.4, 0.5) is 5.69 Å². The van der Waals surface area contributed by atoms with Crippen LogP contribution in [0, 0.1) is 11.8 Å². The third kappa shape index (κ3) is 4.65. The van der Waals surface area contributed by atoms with Crippen LogP contribution in [0.15, 0.2) is 29.3 Å². The highest BCUT2D eigenvalue weighted by atomic mass is 127. The number of carbonyl (C=O) groups excluding carboxylic acids is 1. The molecule has 2 aliphatic rings. The van der Waals surface area contributed by atoms with Crippen LogP contribution in [0.1, 0.15) is 25.8 Å². The van der Waals surface area contributed by atoms with Crippen LogP contribution in [0.2, 0.25) is 0 Å². The molecule has 1 N–H and O–H groups in total. The molecule has 0 aliphatic carbocycles. The van der Waals surface area contributed by atoms with Crippen molar-refractivity contribution >= 4 is 41.5 Å². The number of hydrogen-bond acceptors (Lipinski definition) is 2. The van der Waals surface area contributed by atoms with Crippen LogP contribution in [0.25, 0.3) is 0 Å². The van der Waals surface area contributed by atoms with E-state index in [9.17, 15) is 4.79 Å². The van der Waals surface area contributed by atoms with Gasteiger partial charge in [-0.25, -0.2) is 0 Å². The number of fused-ring (bicyclic) bond motifs is 1. The number of carbonyl (C=O) groups is 1. The first-order chi connectivity index (χ1) is 11.6. The molecule has 3 rings (SSSR count).